The minimum absolute atomic E-state index is 0.287. The molecule has 0 bridgehead atoms. The monoisotopic (exact) mass is 216 g/mol. The minimum atomic E-state index is 0.287. The van der Waals surface area contributed by atoms with E-state index in [1.165, 1.54) is 0 Å². The summed E-state index contributed by atoms with van der Waals surface area (Å²) < 4.78 is 0. The molecule has 4 heteroatoms. The number of hydrogen-bond donors (Lipinski definition) is 2. The van der Waals surface area contributed by atoms with Crippen LogP contribution in [0.1, 0.15) is 20.3 Å². The summed E-state index contributed by atoms with van der Waals surface area (Å²) in [6.45, 7) is 6.84. The second-order valence-corrected chi connectivity index (χ2v) is 4.57. The Bertz CT molecular complexity index is 197. The van der Waals surface area contributed by atoms with E-state index < -0.39 is 0 Å². The lowest BCUT2D eigenvalue weighted by atomic mass is 10.1. The highest BCUT2D eigenvalue weighted by atomic mass is 32.1. The number of amides is 1. The van der Waals surface area contributed by atoms with Crippen LogP contribution < -0.4 is 5.32 Å². The Labute approximate surface area is 91.6 Å². The molecule has 1 aliphatic rings. The number of likely N-dealkylation sites (tertiary alicyclic amines) is 1. The first-order chi connectivity index (χ1) is 6.63. The van der Waals surface area contributed by atoms with Gasteiger partial charge in [0.05, 0.1) is 0 Å². The van der Waals surface area contributed by atoms with Gasteiger partial charge in [-0.3, -0.25) is 4.79 Å². The van der Waals surface area contributed by atoms with Gasteiger partial charge in [-0.05, 0) is 11.7 Å². The van der Waals surface area contributed by atoms with Gasteiger partial charge in [-0.2, -0.15) is 12.6 Å². The first-order valence-electron chi connectivity index (χ1n) is 5.25. The van der Waals surface area contributed by atoms with Crippen molar-refractivity contribution in [2.24, 2.45) is 5.92 Å². The zero-order chi connectivity index (χ0) is 10.6. The van der Waals surface area contributed by atoms with E-state index in [0.717, 1.165) is 25.4 Å². The average molecular weight is 216 g/mol. The summed E-state index contributed by atoms with van der Waals surface area (Å²) in [5.74, 6) is 1.57. The summed E-state index contributed by atoms with van der Waals surface area (Å²) in [5, 5.41) is 3.31. The summed E-state index contributed by atoms with van der Waals surface area (Å²) in [7, 11) is 0. The van der Waals surface area contributed by atoms with Crippen LogP contribution in [-0.4, -0.2) is 42.2 Å². The Morgan fingerprint density at radius 1 is 1.64 bits per heavy atom. The van der Waals surface area contributed by atoms with Gasteiger partial charge in [0.25, 0.3) is 0 Å². The molecule has 1 fully saturated rings. The Morgan fingerprint density at radius 2 is 2.36 bits per heavy atom. The van der Waals surface area contributed by atoms with Crippen molar-refractivity contribution in [3.05, 3.63) is 0 Å². The van der Waals surface area contributed by atoms with Crippen molar-refractivity contribution < 1.29 is 4.79 Å². The first-order valence-corrected chi connectivity index (χ1v) is 5.88. The Balaban J connectivity index is 2.21. The van der Waals surface area contributed by atoms with Gasteiger partial charge in [0.15, 0.2) is 0 Å². The number of nitrogens with zero attached hydrogens (tertiary/aromatic N) is 1. The maximum Gasteiger partial charge on any atom is 0.222 e. The molecule has 0 aromatic carbocycles. The molecule has 0 aromatic heterocycles. The SMILES string of the molecule is CC(C)NCCN1CC(CS)CC1=O. The van der Waals surface area contributed by atoms with E-state index in [4.69, 9.17) is 0 Å². The van der Waals surface area contributed by atoms with Crippen LogP contribution in [-0.2, 0) is 4.79 Å². The van der Waals surface area contributed by atoms with Gasteiger partial charge in [0.1, 0.15) is 0 Å². The predicted octanol–water partition coefficient (Wildman–Crippen LogP) is 0.763. The maximum atomic E-state index is 11.5. The molecule has 1 saturated heterocycles. The van der Waals surface area contributed by atoms with Crippen molar-refractivity contribution >= 4 is 18.5 Å². The fourth-order valence-corrected chi connectivity index (χ4v) is 1.93. The molecule has 1 atom stereocenters. The van der Waals surface area contributed by atoms with E-state index in [9.17, 15) is 4.79 Å². The fraction of sp³-hybridized carbons (Fsp3) is 0.900. The molecule has 1 N–H and O–H groups in total. The van der Waals surface area contributed by atoms with Crippen molar-refractivity contribution in [3.8, 4) is 0 Å². The van der Waals surface area contributed by atoms with Crippen LogP contribution in [0, 0.1) is 5.92 Å². The second-order valence-electron chi connectivity index (χ2n) is 4.20. The fourth-order valence-electron chi connectivity index (χ4n) is 1.68. The van der Waals surface area contributed by atoms with Gasteiger partial charge in [0, 0.05) is 32.1 Å². The van der Waals surface area contributed by atoms with Crippen LogP contribution >= 0.6 is 12.6 Å². The van der Waals surface area contributed by atoms with Gasteiger partial charge < -0.3 is 10.2 Å². The zero-order valence-corrected chi connectivity index (χ0v) is 9.89. The number of rotatable bonds is 5. The molecule has 14 heavy (non-hydrogen) atoms. The first kappa shape index (κ1) is 11.9. The number of carbonyl (C=O) groups excluding carboxylic acids is 1. The molecule has 82 valence electrons. The summed E-state index contributed by atoms with van der Waals surface area (Å²) in [6.07, 6.45) is 0.686. The van der Waals surface area contributed by atoms with E-state index in [1.807, 2.05) is 4.90 Å². The summed E-state index contributed by atoms with van der Waals surface area (Å²) in [4.78, 5) is 13.4. The minimum Gasteiger partial charge on any atom is -0.341 e. The second kappa shape index (κ2) is 5.61. The lowest BCUT2D eigenvalue weighted by Gasteiger charge is -2.17. The van der Waals surface area contributed by atoms with Crippen molar-refractivity contribution in [2.45, 2.75) is 26.3 Å². The summed E-state index contributed by atoms with van der Waals surface area (Å²) in [5.41, 5.74) is 0. The van der Waals surface area contributed by atoms with Gasteiger partial charge in [0.2, 0.25) is 5.91 Å². The molecule has 0 radical (unpaired) electrons. The molecule has 0 saturated carbocycles. The zero-order valence-electron chi connectivity index (χ0n) is 8.99. The molecular formula is C10H20N2OS. The van der Waals surface area contributed by atoms with Gasteiger partial charge in [-0.25, -0.2) is 0 Å². The van der Waals surface area contributed by atoms with Crippen molar-refractivity contribution in [1.29, 1.82) is 0 Å². The highest BCUT2D eigenvalue weighted by Crippen LogP contribution is 2.17. The average Bonchev–Trinajstić information content (AvgIpc) is 2.47. The molecule has 0 aromatic rings. The van der Waals surface area contributed by atoms with E-state index in [1.54, 1.807) is 0 Å². The lowest BCUT2D eigenvalue weighted by molar-refractivity contribution is -0.127. The van der Waals surface area contributed by atoms with Crippen molar-refractivity contribution in [1.82, 2.24) is 10.2 Å². The molecule has 0 aliphatic carbocycles. The number of hydrogen-bond acceptors (Lipinski definition) is 3. The molecule has 1 aliphatic heterocycles. The van der Waals surface area contributed by atoms with Crippen molar-refractivity contribution in [2.75, 3.05) is 25.4 Å². The quantitative estimate of drug-likeness (QED) is 0.665. The topological polar surface area (TPSA) is 32.3 Å². The number of thiol groups is 1. The van der Waals surface area contributed by atoms with Crippen molar-refractivity contribution in [3.63, 3.8) is 0 Å². The normalized spacial score (nSPS) is 22.4. The van der Waals surface area contributed by atoms with Crippen LogP contribution in [0.3, 0.4) is 0 Å². The third-order valence-corrected chi connectivity index (χ3v) is 3.00. The predicted molar refractivity (Wildman–Crippen MR) is 61.7 cm³/mol. The molecule has 1 unspecified atom stereocenters. The Hall–Kier alpha value is -0.220. The smallest absolute Gasteiger partial charge is 0.222 e. The summed E-state index contributed by atoms with van der Waals surface area (Å²) >= 11 is 4.23. The molecule has 1 heterocycles. The van der Waals surface area contributed by atoms with Crippen LogP contribution in [0.2, 0.25) is 0 Å². The van der Waals surface area contributed by atoms with E-state index in [-0.39, 0.29) is 5.91 Å². The molecule has 0 spiro atoms. The van der Waals surface area contributed by atoms with Gasteiger partial charge in [-0.15, -0.1) is 0 Å². The highest BCUT2D eigenvalue weighted by Gasteiger charge is 2.27. The van der Waals surface area contributed by atoms with Gasteiger partial charge in [-0.1, -0.05) is 13.8 Å². The third kappa shape index (κ3) is 3.50. The number of nitrogens with one attached hydrogen (secondary N) is 1. The maximum absolute atomic E-state index is 11.5. The van der Waals surface area contributed by atoms with E-state index >= 15 is 0 Å². The lowest BCUT2D eigenvalue weighted by Crippen LogP contribution is -2.35. The van der Waals surface area contributed by atoms with E-state index in [0.29, 0.717) is 18.4 Å². The molecule has 1 amide bonds. The summed E-state index contributed by atoms with van der Waals surface area (Å²) in [6, 6.07) is 0.494. The highest BCUT2D eigenvalue weighted by molar-refractivity contribution is 7.80. The largest absolute Gasteiger partial charge is 0.341 e. The molecular weight excluding hydrogens is 196 g/mol. The van der Waals surface area contributed by atoms with Gasteiger partial charge >= 0.3 is 0 Å². The van der Waals surface area contributed by atoms with Crippen LogP contribution in [0.4, 0.5) is 0 Å². The molecule has 1 rings (SSSR count). The third-order valence-electron chi connectivity index (χ3n) is 2.49. The van der Waals surface area contributed by atoms with Crippen LogP contribution in [0.25, 0.3) is 0 Å². The Morgan fingerprint density at radius 3 is 2.86 bits per heavy atom. The van der Waals surface area contributed by atoms with Crippen LogP contribution in [0.15, 0.2) is 0 Å². The Kier molecular flexibility index (Phi) is 4.75. The number of carbonyl (C=O) groups is 1. The van der Waals surface area contributed by atoms with Crippen LogP contribution in [0.5, 0.6) is 0 Å². The standard InChI is InChI=1S/C10H20N2OS/c1-8(2)11-3-4-12-6-9(7-14)5-10(12)13/h8-9,11,14H,3-7H2,1-2H3. The van der Waals surface area contributed by atoms with E-state index in [2.05, 4.69) is 31.8 Å². The molecule has 3 nitrogen and oxygen atoms in total.